The summed E-state index contributed by atoms with van der Waals surface area (Å²) in [6, 6.07) is 0. The minimum atomic E-state index is 0.515. The minimum Gasteiger partial charge on any atom is -0.341 e. The van der Waals surface area contributed by atoms with E-state index in [1.165, 1.54) is 19.3 Å². The number of nitrogens with zero attached hydrogens (tertiary/aromatic N) is 3. The van der Waals surface area contributed by atoms with Crippen LogP contribution in [-0.4, -0.2) is 29.6 Å². The standard InChI is InChI=1S/C15H26N4/c1-4-15(3)6-8-19(9-7-15)14-17-11-13(12-18-14)10-16-5-2/h11-12,16H,4-10H2,1-3H3. The molecule has 19 heavy (non-hydrogen) atoms. The zero-order valence-corrected chi connectivity index (χ0v) is 12.4. The van der Waals surface area contributed by atoms with Gasteiger partial charge < -0.3 is 10.2 Å². The van der Waals surface area contributed by atoms with Gasteiger partial charge in [0.05, 0.1) is 0 Å². The molecule has 2 heterocycles. The molecule has 0 bridgehead atoms. The van der Waals surface area contributed by atoms with E-state index in [4.69, 9.17) is 0 Å². The Bertz CT molecular complexity index is 380. The molecule has 0 aliphatic carbocycles. The first-order valence-electron chi connectivity index (χ1n) is 7.43. The molecule has 0 atom stereocenters. The summed E-state index contributed by atoms with van der Waals surface area (Å²) in [6.07, 6.45) is 7.64. The van der Waals surface area contributed by atoms with Crippen LogP contribution in [0.1, 0.15) is 45.6 Å². The van der Waals surface area contributed by atoms with Gasteiger partial charge in [-0.1, -0.05) is 27.2 Å². The van der Waals surface area contributed by atoms with Gasteiger partial charge in [-0.15, -0.1) is 0 Å². The molecule has 1 aromatic rings. The Labute approximate surface area is 116 Å². The molecule has 0 aromatic carbocycles. The summed E-state index contributed by atoms with van der Waals surface area (Å²) in [6.45, 7) is 10.8. The first-order chi connectivity index (χ1) is 9.17. The summed E-state index contributed by atoms with van der Waals surface area (Å²) in [5, 5.41) is 3.29. The van der Waals surface area contributed by atoms with Crippen LogP contribution in [0.25, 0.3) is 0 Å². The molecule has 1 N–H and O–H groups in total. The predicted octanol–water partition coefficient (Wildman–Crippen LogP) is 2.60. The van der Waals surface area contributed by atoms with Crippen molar-refractivity contribution in [3.63, 3.8) is 0 Å². The van der Waals surface area contributed by atoms with E-state index in [1.807, 2.05) is 12.4 Å². The Morgan fingerprint density at radius 3 is 2.37 bits per heavy atom. The Morgan fingerprint density at radius 2 is 1.84 bits per heavy atom. The molecule has 4 heteroatoms. The van der Waals surface area contributed by atoms with E-state index in [2.05, 4.69) is 41.0 Å². The van der Waals surface area contributed by atoms with Gasteiger partial charge in [-0.2, -0.15) is 0 Å². The molecular formula is C15H26N4. The maximum atomic E-state index is 4.50. The van der Waals surface area contributed by atoms with Crippen LogP contribution in [0.15, 0.2) is 12.4 Å². The average Bonchev–Trinajstić information content (AvgIpc) is 2.47. The van der Waals surface area contributed by atoms with Gasteiger partial charge in [-0.25, -0.2) is 9.97 Å². The lowest BCUT2D eigenvalue weighted by molar-refractivity contribution is 0.237. The zero-order valence-electron chi connectivity index (χ0n) is 12.4. The van der Waals surface area contributed by atoms with Gasteiger partial charge in [0.1, 0.15) is 0 Å². The molecule has 0 radical (unpaired) electrons. The largest absolute Gasteiger partial charge is 0.341 e. The van der Waals surface area contributed by atoms with Gasteiger partial charge >= 0.3 is 0 Å². The Hall–Kier alpha value is -1.16. The van der Waals surface area contributed by atoms with Crippen molar-refractivity contribution in [2.24, 2.45) is 5.41 Å². The molecule has 1 aromatic heterocycles. The van der Waals surface area contributed by atoms with Crippen LogP contribution in [0.2, 0.25) is 0 Å². The number of aromatic nitrogens is 2. The van der Waals surface area contributed by atoms with Crippen molar-refractivity contribution >= 4 is 5.95 Å². The van der Waals surface area contributed by atoms with Crippen LogP contribution in [0.3, 0.4) is 0 Å². The maximum Gasteiger partial charge on any atom is 0.225 e. The lowest BCUT2D eigenvalue weighted by Crippen LogP contribution is -2.39. The smallest absolute Gasteiger partial charge is 0.225 e. The first kappa shape index (κ1) is 14.3. The number of hydrogen-bond donors (Lipinski definition) is 1. The van der Waals surface area contributed by atoms with E-state index in [9.17, 15) is 0 Å². The van der Waals surface area contributed by atoms with Crippen molar-refractivity contribution in [2.45, 2.75) is 46.6 Å². The van der Waals surface area contributed by atoms with Gasteiger partial charge in [-0.05, 0) is 24.8 Å². The third-order valence-corrected chi connectivity index (χ3v) is 4.38. The van der Waals surface area contributed by atoms with Crippen LogP contribution in [0.5, 0.6) is 0 Å². The van der Waals surface area contributed by atoms with Gasteiger partial charge in [0.15, 0.2) is 0 Å². The number of nitrogens with one attached hydrogen (secondary N) is 1. The molecule has 1 aliphatic rings. The summed E-state index contributed by atoms with van der Waals surface area (Å²) >= 11 is 0. The fraction of sp³-hybridized carbons (Fsp3) is 0.733. The average molecular weight is 262 g/mol. The lowest BCUT2D eigenvalue weighted by Gasteiger charge is -2.38. The third kappa shape index (κ3) is 3.66. The third-order valence-electron chi connectivity index (χ3n) is 4.38. The molecule has 0 unspecified atom stereocenters. The highest BCUT2D eigenvalue weighted by Gasteiger charge is 2.29. The number of hydrogen-bond acceptors (Lipinski definition) is 4. The van der Waals surface area contributed by atoms with Crippen molar-refractivity contribution in [1.82, 2.24) is 15.3 Å². The summed E-state index contributed by atoms with van der Waals surface area (Å²) < 4.78 is 0. The van der Waals surface area contributed by atoms with Crippen LogP contribution < -0.4 is 10.2 Å². The molecule has 106 valence electrons. The molecule has 1 aliphatic heterocycles. The molecule has 4 nitrogen and oxygen atoms in total. The zero-order chi connectivity index (χ0) is 13.7. The van der Waals surface area contributed by atoms with Crippen LogP contribution in [-0.2, 0) is 6.54 Å². The first-order valence-corrected chi connectivity index (χ1v) is 7.43. The van der Waals surface area contributed by atoms with Crippen molar-refractivity contribution in [1.29, 1.82) is 0 Å². The summed E-state index contributed by atoms with van der Waals surface area (Å²) in [7, 11) is 0. The highest BCUT2D eigenvalue weighted by molar-refractivity contribution is 5.30. The van der Waals surface area contributed by atoms with E-state index >= 15 is 0 Å². The predicted molar refractivity (Wildman–Crippen MR) is 79.3 cm³/mol. The van der Waals surface area contributed by atoms with Crippen molar-refractivity contribution in [3.8, 4) is 0 Å². The molecular weight excluding hydrogens is 236 g/mol. The van der Waals surface area contributed by atoms with E-state index in [0.717, 1.165) is 37.7 Å². The maximum absolute atomic E-state index is 4.50. The van der Waals surface area contributed by atoms with Crippen molar-refractivity contribution in [2.75, 3.05) is 24.5 Å². The highest BCUT2D eigenvalue weighted by Crippen LogP contribution is 2.34. The van der Waals surface area contributed by atoms with Gasteiger partial charge in [0, 0.05) is 37.6 Å². The Morgan fingerprint density at radius 1 is 1.21 bits per heavy atom. The van der Waals surface area contributed by atoms with E-state index in [0.29, 0.717) is 5.41 Å². The van der Waals surface area contributed by atoms with Gasteiger partial charge in [0.2, 0.25) is 5.95 Å². The van der Waals surface area contributed by atoms with Crippen LogP contribution in [0.4, 0.5) is 5.95 Å². The Kier molecular flexibility index (Phi) is 4.75. The van der Waals surface area contributed by atoms with E-state index in [1.54, 1.807) is 0 Å². The summed E-state index contributed by atoms with van der Waals surface area (Å²) in [4.78, 5) is 11.3. The second-order valence-electron chi connectivity index (χ2n) is 5.82. The van der Waals surface area contributed by atoms with Gasteiger partial charge in [-0.3, -0.25) is 0 Å². The molecule has 0 spiro atoms. The van der Waals surface area contributed by atoms with E-state index in [-0.39, 0.29) is 0 Å². The number of piperidine rings is 1. The monoisotopic (exact) mass is 262 g/mol. The number of anilines is 1. The second-order valence-corrected chi connectivity index (χ2v) is 5.82. The quantitative estimate of drug-likeness (QED) is 0.885. The normalized spacial score (nSPS) is 18.6. The number of rotatable bonds is 5. The molecule has 0 amide bonds. The van der Waals surface area contributed by atoms with Crippen molar-refractivity contribution < 1.29 is 0 Å². The topological polar surface area (TPSA) is 41.1 Å². The molecule has 0 saturated carbocycles. The highest BCUT2D eigenvalue weighted by atomic mass is 15.2. The summed E-state index contributed by atoms with van der Waals surface area (Å²) in [5.41, 5.74) is 1.67. The van der Waals surface area contributed by atoms with Crippen molar-refractivity contribution in [3.05, 3.63) is 18.0 Å². The molecule has 2 rings (SSSR count). The van der Waals surface area contributed by atoms with Crippen LogP contribution in [0, 0.1) is 5.41 Å². The summed E-state index contributed by atoms with van der Waals surface area (Å²) in [5.74, 6) is 0.887. The van der Waals surface area contributed by atoms with E-state index < -0.39 is 0 Å². The molecule has 1 fully saturated rings. The Balaban J connectivity index is 1.92. The van der Waals surface area contributed by atoms with Gasteiger partial charge in [0.25, 0.3) is 0 Å². The molecule has 1 saturated heterocycles. The SMILES string of the molecule is CCNCc1cnc(N2CCC(C)(CC)CC2)nc1. The van der Waals surface area contributed by atoms with Crippen LogP contribution >= 0.6 is 0 Å². The minimum absolute atomic E-state index is 0.515. The second kappa shape index (κ2) is 6.33. The fourth-order valence-corrected chi connectivity index (χ4v) is 2.47. The fourth-order valence-electron chi connectivity index (χ4n) is 2.47. The lowest BCUT2D eigenvalue weighted by atomic mass is 9.78.